The van der Waals surface area contributed by atoms with Gasteiger partial charge in [-0.2, -0.15) is 13.2 Å². The zero-order chi connectivity index (χ0) is 12.1. The molecule has 15 heavy (non-hydrogen) atoms. The number of hydrogen-bond acceptors (Lipinski definition) is 2. The minimum Gasteiger partial charge on any atom is -0.481 e. The summed E-state index contributed by atoms with van der Waals surface area (Å²) in [7, 11) is 0. The minimum atomic E-state index is -4.22. The van der Waals surface area contributed by atoms with Gasteiger partial charge in [0.1, 0.15) is 0 Å². The summed E-state index contributed by atoms with van der Waals surface area (Å²) in [5.41, 5.74) is -0.960. The van der Waals surface area contributed by atoms with Crippen molar-refractivity contribution in [2.75, 3.05) is 13.2 Å². The van der Waals surface area contributed by atoms with Gasteiger partial charge in [-0.05, 0) is 20.3 Å². The molecule has 0 unspecified atom stereocenters. The van der Waals surface area contributed by atoms with E-state index in [1.54, 1.807) is 0 Å². The van der Waals surface area contributed by atoms with E-state index in [0.29, 0.717) is 0 Å². The van der Waals surface area contributed by atoms with Crippen LogP contribution in [0.4, 0.5) is 13.2 Å². The number of ether oxygens (including phenoxy) is 1. The maximum atomic E-state index is 11.7. The first-order chi connectivity index (χ1) is 6.65. The second kappa shape index (κ2) is 5.34. The summed E-state index contributed by atoms with van der Waals surface area (Å²) < 4.78 is 39.7. The maximum absolute atomic E-state index is 11.7. The molecule has 1 N–H and O–H groups in total. The smallest absolute Gasteiger partial charge is 0.391 e. The maximum Gasteiger partial charge on any atom is 0.391 e. The molecular weight excluding hydrogens is 213 g/mol. The van der Waals surface area contributed by atoms with Crippen molar-refractivity contribution in [1.82, 2.24) is 0 Å². The molecule has 0 bridgehead atoms. The van der Waals surface area contributed by atoms with Gasteiger partial charge in [-0.1, -0.05) is 0 Å². The predicted octanol–water partition coefficient (Wildman–Crippen LogP) is 2.46. The number of rotatable bonds is 6. The molecule has 0 radical (unpaired) electrons. The second-order valence-corrected chi connectivity index (χ2v) is 3.92. The van der Waals surface area contributed by atoms with Crippen LogP contribution < -0.4 is 0 Å². The van der Waals surface area contributed by atoms with Gasteiger partial charge in [0.15, 0.2) is 0 Å². The van der Waals surface area contributed by atoms with E-state index >= 15 is 0 Å². The first kappa shape index (κ1) is 14.2. The summed E-state index contributed by atoms with van der Waals surface area (Å²) in [4.78, 5) is 10.6. The van der Waals surface area contributed by atoms with Gasteiger partial charge in [0, 0.05) is 6.61 Å². The van der Waals surface area contributed by atoms with Crippen molar-refractivity contribution in [2.24, 2.45) is 5.41 Å². The molecule has 90 valence electrons. The Morgan fingerprint density at radius 2 is 1.67 bits per heavy atom. The van der Waals surface area contributed by atoms with Crippen molar-refractivity contribution in [3.05, 3.63) is 0 Å². The lowest BCUT2D eigenvalue weighted by molar-refractivity contribution is -0.151. The quantitative estimate of drug-likeness (QED) is 0.710. The summed E-state index contributed by atoms with van der Waals surface area (Å²) in [6.45, 7) is 2.61. The third-order valence-corrected chi connectivity index (χ3v) is 1.98. The van der Waals surface area contributed by atoms with Crippen LogP contribution in [0.5, 0.6) is 0 Å². The fourth-order valence-corrected chi connectivity index (χ4v) is 0.724. The normalized spacial score (nSPS) is 12.9. The molecule has 6 heteroatoms. The van der Waals surface area contributed by atoms with E-state index in [-0.39, 0.29) is 13.0 Å². The number of halogens is 3. The fourth-order valence-electron chi connectivity index (χ4n) is 0.724. The van der Waals surface area contributed by atoms with E-state index < -0.39 is 30.6 Å². The van der Waals surface area contributed by atoms with Crippen LogP contribution in [0, 0.1) is 5.41 Å². The highest BCUT2D eigenvalue weighted by Crippen LogP contribution is 2.21. The number of carbonyl (C=O) groups is 1. The van der Waals surface area contributed by atoms with Crippen LogP contribution in [0.15, 0.2) is 0 Å². The minimum absolute atomic E-state index is 0.0232. The molecule has 0 aliphatic heterocycles. The molecule has 0 saturated carbocycles. The zero-order valence-corrected chi connectivity index (χ0v) is 8.73. The Bertz CT molecular complexity index is 211. The van der Waals surface area contributed by atoms with E-state index in [0.717, 1.165) is 0 Å². The largest absolute Gasteiger partial charge is 0.481 e. The standard InChI is InChI=1S/C9H15F3O3/c1-8(2,7(13)14)3-5-15-6-4-9(10,11)12/h3-6H2,1-2H3,(H,13,14). The van der Waals surface area contributed by atoms with Crippen LogP contribution in [0.25, 0.3) is 0 Å². The Hall–Kier alpha value is -0.780. The first-order valence-corrected chi connectivity index (χ1v) is 4.53. The van der Waals surface area contributed by atoms with Gasteiger partial charge in [-0.25, -0.2) is 0 Å². The van der Waals surface area contributed by atoms with E-state index in [1.807, 2.05) is 0 Å². The van der Waals surface area contributed by atoms with Gasteiger partial charge in [0.2, 0.25) is 0 Å². The highest BCUT2D eigenvalue weighted by atomic mass is 19.4. The number of aliphatic carboxylic acids is 1. The van der Waals surface area contributed by atoms with Crippen LogP contribution in [0.1, 0.15) is 26.7 Å². The molecule has 0 heterocycles. The summed E-state index contributed by atoms with van der Waals surface area (Å²) >= 11 is 0. The Morgan fingerprint density at radius 3 is 2.07 bits per heavy atom. The highest BCUT2D eigenvalue weighted by Gasteiger charge is 2.28. The topological polar surface area (TPSA) is 46.5 Å². The summed E-state index contributed by atoms with van der Waals surface area (Å²) in [5.74, 6) is -0.984. The Labute approximate surface area is 86.2 Å². The monoisotopic (exact) mass is 228 g/mol. The van der Waals surface area contributed by atoms with Crippen LogP contribution in [0.3, 0.4) is 0 Å². The van der Waals surface area contributed by atoms with Crippen molar-refractivity contribution in [2.45, 2.75) is 32.9 Å². The summed E-state index contributed by atoms with van der Waals surface area (Å²) in [6, 6.07) is 0. The van der Waals surface area contributed by atoms with Crippen LogP contribution in [-0.4, -0.2) is 30.5 Å². The Balaban J connectivity index is 3.60. The van der Waals surface area contributed by atoms with Gasteiger partial charge in [0.25, 0.3) is 0 Å². The average molecular weight is 228 g/mol. The molecule has 0 fully saturated rings. The first-order valence-electron chi connectivity index (χ1n) is 4.53. The van der Waals surface area contributed by atoms with Gasteiger partial charge in [-0.15, -0.1) is 0 Å². The number of hydrogen-bond donors (Lipinski definition) is 1. The third kappa shape index (κ3) is 7.18. The Kier molecular flexibility index (Phi) is 5.07. The summed E-state index contributed by atoms with van der Waals surface area (Å²) in [5, 5.41) is 8.69. The van der Waals surface area contributed by atoms with Gasteiger partial charge in [-0.3, -0.25) is 4.79 Å². The number of carboxylic acids is 1. The molecule has 0 saturated heterocycles. The summed E-state index contributed by atoms with van der Waals surface area (Å²) in [6.07, 6.45) is -5.02. The van der Waals surface area contributed by atoms with Crippen molar-refractivity contribution in [1.29, 1.82) is 0 Å². The Morgan fingerprint density at radius 1 is 1.20 bits per heavy atom. The SMILES string of the molecule is CC(C)(CCOCCC(F)(F)F)C(=O)O. The second-order valence-electron chi connectivity index (χ2n) is 3.92. The zero-order valence-electron chi connectivity index (χ0n) is 8.73. The lowest BCUT2D eigenvalue weighted by atomic mass is 9.90. The van der Waals surface area contributed by atoms with Crippen LogP contribution in [-0.2, 0) is 9.53 Å². The van der Waals surface area contributed by atoms with Crippen molar-refractivity contribution < 1.29 is 27.8 Å². The van der Waals surface area contributed by atoms with E-state index in [4.69, 9.17) is 9.84 Å². The molecule has 0 aliphatic rings. The lowest BCUT2D eigenvalue weighted by Crippen LogP contribution is -2.25. The molecule has 0 amide bonds. The van der Waals surface area contributed by atoms with Gasteiger partial charge in [0.05, 0.1) is 18.4 Å². The van der Waals surface area contributed by atoms with Crippen molar-refractivity contribution in [3.63, 3.8) is 0 Å². The van der Waals surface area contributed by atoms with Crippen molar-refractivity contribution in [3.8, 4) is 0 Å². The molecule has 0 rings (SSSR count). The molecule has 0 spiro atoms. The molecule has 0 aromatic heterocycles. The lowest BCUT2D eigenvalue weighted by Gasteiger charge is -2.18. The van der Waals surface area contributed by atoms with E-state index in [1.165, 1.54) is 13.8 Å². The van der Waals surface area contributed by atoms with E-state index in [9.17, 15) is 18.0 Å². The van der Waals surface area contributed by atoms with Crippen molar-refractivity contribution >= 4 is 5.97 Å². The molecule has 0 aliphatic carbocycles. The predicted molar refractivity (Wildman–Crippen MR) is 47.5 cm³/mol. The highest BCUT2D eigenvalue weighted by molar-refractivity contribution is 5.73. The average Bonchev–Trinajstić information content (AvgIpc) is 2.00. The van der Waals surface area contributed by atoms with Gasteiger partial charge < -0.3 is 9.84 Å². The molecule has 0 atom stereocenters. The molecular formula is C9H15F3O3. The fraction of sp³-hybridized carbons (Fsp3) is 0.889. The molecule has 0 aromatic carbocycles. The molecule has 3 nitrogen and oxygen atoms in total. The van der Waals surface area contributed by atoms with Crippen LogP contribution in [0.2, 0.25) is 0 Å². The van der Waals surface area contributed by atoms with E-state index in [2.05, 4.69) is 0 Å². The third-order valence-electron chi connectivity index (χ3n) is 1.98. The molecule has 0 aromatic rings. The van der Waals surface area contributed by atoms with Crippen LogP contribution >= 0.6 is 0 Å². The van der Waals surface area contributed by atoms with Gasteiger partial charge >= 0.3 is 12.1 Å². The number of alkyl halides is 3. The number of carboxylic acid groups (broad SMARTS) is 1.